The van der Waals surface area contributed by atoms with Crippen molar-refractivity contribution >= 4 is 5.97 Å². The van der Waals surface area contributed by atoms with Crippen LogP contribution >= 0.6 is 0 Å². The lowest BCUT2D eigenvalue weighted by atomic mass is 9.98. The van der Waals surface area contributed by atoms with Crippen molar-refractivity contribution < 1.29 is 9.53 Å². The summed E-state index contributed by atoms with van der Waals surface area (Å²) in [4.78, 5) is 11.6. The van der Waals surface area contributed by atoms with E-state index < -0.39 is 5.60 Å². The van der Waals surface area contributed by atoms with Crippen LogP contribution in [0.5, 0.6) is 0 Å². The number of carbonyl (C=O) groups excluding carboxylic acids is 1. The zero-order valence-corrected chi connectivity index (χ0v) is 10.4. The summed E-state index contributed by atoms with van der Waals surface area (Å²) in [5, 5.41) is 2.92. The molecule has 0 aliphatic heterocycles. The van der Waals surface area contributed by atoms with Gasteiger partial charge in [0.2, 0.25) is 0 Å². The molecule has 0 amide bonds. The lowest BCUT2D eigenvalue weighted by molar-refractivity contribution is -0.156. The van der Waals surface area contributed by atoms with Gasteiger partial charge in [-0.15, -0.1) is 6.58 Å². The van der Waals surface area contributed by atoms with Crippen molar-refractivity contribution in [3.63, 3.8) is 0 Å². The first-order chi connectivity index (χ1) is 8.06. The molecule has 0 aromatic heterocycles. The van der Waals surface area contributed by atoms with Gasteiger partial charge in [-0.05, 0) is 19.4 Å². The highest BCUT2D eigenvalue weighted by Gasteiger charge is 2.24. The monoisotopic (exact) mass is 233 g/mol. The molecule has 0 saturated heterocycles. The molecular formula is C14H19NO2. The molecular weight excluding hydrogens is 214 g/mol. The maximum Gasteiger partial charge on any atom is 0.320 e. The van der Waals surface area contributed by atoms with Gasteiger partial charge < -0.3 is 10.1 Å². The van der Waals surface area contributed by atoms with E-state index in [1.807, 2.05) is 44.2 Å². The molecule has 0 radical (unpaired) electrons. The molecule has 0 fully saturated rings. The topological polar surface area (TPSA) is 38.3 Å². The lowest BCUT2D eigenvalue weighted by Gasteiger charge is -2.25. The van der Waals surface area contributed by atoms with E-state index in [0.717, 1.165) is 5.56 Å². The number of ether oxygens (including phenoxy) is 1. The molecule has 0 atom stereocenters. The van der Waals surface area contributed by atoms with Crippen molar-refractivity contribution in [2.45, 2.75) is 19.4 Å². The Labute approximate surface area is 102 Å². The van der Waals surface area contributed by atoms with Crippen LogP contribution in [0.2, 0.25) is 0 Å². The molecule has 1 aromatic carbocycles. The van der Waals surface area contributed by atoms with Crippen LogP contribution < -0.4 is 5.32 Å². The van der Waals surface area contributed by atoms with Crippen molar-refractivity contribution in [2.24, 2.45) is 0 Å². The van der Waals surface area contributed by atoms with Crippen LogP contribution in [0.4, 0.5) is 0 Å². The van der Waals surface area contributed by atoms with Gasteiger partial charge in [0, 0.05) is 6.54 Å². The molecule has 3 nitrogen and oxygen atoms in total. The molecule has 0 heterocycles. The molecule has 0 bridgehead atoms. The summed E-state index contributed by atoms with van der Waals surface area (Å²) < 4.78 is 5.43. The second-order valence-electron chi connectivity index (χ2n) is 4.27. The highest BCUT2D eigenvalue weighted by atomic mass is 16.6. The SMILES string of the molecule is C=CCNCC(=O)OC(C)(C)c1ccccc1. The summed E-state index contributed by atoms with van der Waals surface area (Å²) in [5.74, 6) is -0.263. The summed E-state index contributed by atoms with van der Waals surface area (Å²) in [6, 6.07) is 9.70. The van der Waals surface area contributed by atoms with E-state index in [1.54, 1.807) is 6.08 Å². The smallest absolute Gasteiger partial charge is 0.320 e. The van der Waals surface area contributed by atoms with E-state index in [0.29, 0.717) is 6.54 Å². The zero-order valence-electron chi connectivity index (χ0n) is 10.4. The largest absolute Gasteiger partial charge is 0.454 e. The third kappa shape index (κ3) is 4.41. The normalized spacial score (nSPS) is 10.9. The fourth-order valence-electron chi connectivity index (χ4n) is 1.50. The van der Waals surface area contributed by atoms with E-state index in [-0.39, 0.29) is 12.5 Å². The van der Waals surface area contributed by atoms with Crippen molar-refractivity contribution in [3.8, 4) is 0 Å². The van der Waals surface area contributed by atoms with Crippen molar-refractivity contribution in [3.05, 3.63) is 48.6 Å². The Morgan fingerprint density at radius 2 is 2.06 bits per heavy atom. The van der Waals surface area contributed by atoms with Gasteiger partial charge in [0.15, 0.2) is 0 Å². The number of hydrogen-bond acceptors (Lipinski definition) is 3. The zero-order chi connectivity index (χ0) is 12.7. The molecule has 1 aromatic rings. The van der Waals surface area contributed by atoms with Crippen LogP contribution in [-0.4, -0.2) is 19.1 Å². The standard InChI is InChI=1S/C14H19NO2/c1-4-10-15-11-13(16)17-14(2,3)12-8-6-5-7-9-12/h4-9,15H,1,10-11H2,2-3H3. The molecule has 0 spiro atoms. The summed E-state index contributed by atoms with van der Waals surface area (Å²) in [5.41, 5.74) is 0.380. The first kappa shape index (κ1) is 13.5. The molecule has 1 N–H and O–H groups in total. The molecule has 0 aliphatic carbocycles. The first-order valence-corrected chi connectivity index (χ1v) is 5.65. The van der Waals surface area contributed by atoms with Crippen LogP contribution in [-0.2, 0) is 15.1 Å². The number of nitrogens with one attached hydrogen (secondary N) is 1. The molecule has 0 unspecified atom stereocenters. The van der Waals surface area contributed by atoms with Gasteiger partial charge in [0.1, 0.15) is 5.60 Å². The number of rotatable bonds is 6. The Kier molecular flexibility index (Phi) is 4.91. The van der Waals surface area contributed by atoms with E-state index >= 15 is 0 Å². The van der Waals surface area contributed by atoms with Gasteiger partial charge in [-0.3, -0.25) is 4.79 Å². The van der Waals surface area contributed by atoms with E-state index in [9.17, 15) is 4.79 Å². The van der Waals surface area contributed by atoms with Crippen LogP contribution in [0.15, 0.2) is 43.0 Å². The fraction of sp³-hybridized carbons (Fsp3) is 0.357. The minimum atomic E-state index is -0.603. The Bertz CT molecular complexity index is 371. The van der Waals surface area contributed by atoms with Crippen LogP contribution in [0.3, 0.4) is 0 Å². The molecule has 1 rings (SSSR count). The number of hydrogen-bond donors (Lipinski definition) is 1. The van der Waals surface area contributed by atoms with E-state index in [4.69, 9.17) is 4.74 Å². The molecule has 17 heavy (non-hydrogen) atoms. The molecule has 0 saturated carbocycles. The van der Waals surface area contributed by atoms with Gasteiger partial charge in [-0.2, -0.15) is 0 Å². The Hall–Kier alpha value is -1.61. The number of benzene rings is 1. The molecule has 92 valence electrons. The van der Waals surface area contributed by atoms with Gasteiger partial charge >= 0.3 is 5.97 Å². The van der Waals surface area contributed by atoms with Crippen LogP contribution in [0.25, 0.3) is 0 Å². The number of carbonyl (C=O) groups is 1. The summed E-state index contributed by atoms with van der Waals surface area (Å²) in [6.07, 6.45) is 1.70. The maximum absolute atomic E-state index is 11.6. The summed E-state index contributed by atoms with van der Waals surface area (Å²) in [6.45, 7) is 8.13. The van der Waals surface area contributed by atoms with E-state index in [1.165, 1.54) is 0 Å². The third-order valence-corrected chi connectivity index (χ3v) is 2.40. The Balaban J connectivity index is 2.54. The average Bonchev–Trinajstić information content (AvgIpc) is 2.30. The average molecular weight is 233 g/mol. The Morgan fingerprint density at radius 3 is 2.65 bits per heavy atom. The van der Waals surface area contributed by atoms with Gasteiger partial charge in [-0.25, -0.2) is 0 Å². The molecule has 0 aliphatic rings. The molecule has 3 heteroatoms. The van der Waals surface area contributed by atoms with Gasteiger partial charge in [0.05, 0.1) is 6.54 Å². The predicted octanol–water partition coefficient (Wildman–Crippen LogP) is 2.24. The third-order valence-electron chi connectivity index (χ3n) is 2.40. The maximum atomic E-state index is 11.6. The minimum Gasteiger partial charge on any atom is -0.454 e. The second kappa shape index (κ2) is 6.21. The quantitative estimate of drug-likeness (QED) is 0.465. The fourth-order valence-corrected chi connectivity index (χ4v) is 1.50. The highest BCUT2D eigenvalue weighted by Crippen LogP contribution is 2.24. The Morgan fingerprint density at radius 1 is 1.41 bits per heavy atom. The van der Waals surface area contributed by atoms with Crippen molar-refractivity contribution in [2.75, 3.05) is 13.1 Å². The van der Waals surface area contributed by atoms with Crippen LogP contribution in [0, 0.1) is 0 Å². The highest BCUT2D eigenvalue weighted by molar-refractivity contribution is 5.72. The van der Waals surface area contributed by atoms with Crippen molar-refractivity contribution in [1.82, 2.24) is 5.32 Å². The van der Waals surface area contributed by atoms with E-state index in [2.05, 4.69) is 11.9 Å². The summed E-state index contributed by atoms with van der Waals surface area (Å²) >= 11 is 0. The predicted molar refractivity (Wildman–Crippen MR) is 68.6 cm³/mol. The second-order valence-corrected chi connectivity index (χ2v) is 4.27. The van der Waals surface area contributed by atoms with Gasteiger partial charge in [-0.1, -0.05) is 36.4 Å². The summed E-state index contributed by atoms with van der Waals surface area (Å²) in [7, 11) is 0. The lowest BCUT2D eigenvalue weighted by Crippen LogP contribution is -2.32. The van der Waals surface area contributed by atoms with Crippen LogP contribution in [0.1, 0.15) is 19.4 Å². The number of esters is 1. The van der Waals surface area contributed by atoms with Crippen molar-refractivity contribution in [1.29, 1.82) is 0 Å². The first-order valence-electron chi connectivity index (χ1n) is 5.65. The van der Waals surface area contributed by atoms with Gasteiger partial charge in [0.25, 0.3) is 0 Å². The minimum absolute atomic E-state index is 0.197.